The average Bonchev–Trinajstić information content (AvgIpc) is 2.71. The Bertz CT molecular complexity index is 946. The maximum atomic E-state index is 9.28. The molecule has 4 nitrogen and oxygen atoms in total. The van der Waals surface area contributed by atoms with Gasteiger partial charge in [0.25, 0.3) is 0 Å². The molecule has 4 heteroatoms. The van der Waals surface area contributed by atoms with Crippen LogP contribution in [0, 0.1) is 0 Å². The van der Waals surface area contributed by atoms with Gasteiger partial charge in [-0.1, -0.05) is 55.1 Å². The predicted octanol–water partition coefficient (Wildman–Crippen LogP) is 5.43. The van der Waals surface area contributed by atoms with Crippen LogP contribution in [0.5, 0.6) is 5.88 Å². The third-order valence-corrected chi connectivity index (χ3v) is 4.42. The van der Waals surface area contributed by atoms with E-state index in [4.69, 9.17) is 4.74 Å². The van der Waals surface area contributed by atoms with Crippen molar-refractivity contribution in [2.24, 2.45) is 0 Å². The highest BCUT2D eigenvalue weighted by molar-refractivity contribution is 5.81. The summed E-state index contributed by atoms with van der Waals surface area (Å²) < 4.78 is 5.44. The zero-order valence-corrected chi connectivity index (χ0v) is 16.2. The monoisotopic (exact) mass is 374 g/mol. The molecule has 144 valence electrons. The molecule has 0 amide bonds. The van der Waals surface area contributed by atoms with Gasteiger partial charge in [-0.2, -0.15) is 0 Å². The first-order valence-corrected chi connectivity index (χ1v) is 9.61. The minimum absolute atomic E-state index is 0.217. The largest absolute Gasteiger partial charge is 0.472 e. The number of benzene rings is 2. The lowest BCUT2D eigenvalue weighted by Crippen LogP contribution is -1.97. The molecular formula is C24H26N2O2. The van der Waals surface area contributed by atoms with Gasteiger partial charge in [0.1, 0.15) is 6.61 Å². The van der Waals surface area contributed by atoms with E-state index < -0.39 is 0 Å². The van der Waals surface area contributed by atoms with Gasteiger partial charge in [-0.25, -0.2) is 9.97 Å². The minimum Gasteiger partial charge on any atom is -0.472 e. The number of allylic oxidation sites excluding steroid dienone is 1. The third-order valence-electron chi connectivity index (χ3n) is 4.42. The Morgan fingerprint density at radius 1 is 1.11 bits per heavy atom. The summed E-state index contributed by atoms with van der Waals surface area (Å²) >= 11 is 0. The number of aromatic nitrogens is 2. The molecule has 1 heterocycles. The number of hydrogen-bond donors (Lipinski definition) is 1. The molecule has 3 aromatic rings. The number of ether oxygens (including phenoxy) is 1. The molecule has 3 rings (SSSR count). The summed E-state index contributed by atoms with van der Waals surface area (Å²) in [6.07, 6.45) is 10.2. The number of aliphatic hydroxyl groups is 1. The molecule has 0 radical (unpaired) electrons. The van der Waals surface area contributed by atoms with Crippen LogP contribution in [0.3, 0.4) is 0 Å². The summed E-state index contributed by atoms with van der Waals surface area (Å²) in [7, 11) is 0. The Balaban J connectivity index is 1.68. The van der Waals surface area contributed by atoms with Crippen molar-refractivity contribution >= 4 is 17.1 Å². The van der Waals surface area contributed by atoms with E-state index in [-0.39, 0.29) is 6.10 Å². The number of hydrogen-bond acceptors (Lipinski definition) is 4. The highest BCUT2D eigenvalue weighted by Gasteiger charge is 2.04. The van der Waals surface area contributed by atoms with Crippen LogP contribution in [0.15, 0.2) is 67.4 Å². The molecule has 1 unspecified atom stereocenters. The summed E-state index contributed by atoms with van der Waals surface area (Å²) in [5.41, 5.74) is 5.06. The number of rotatable bonds is 9. The molecule has 0 bridgehead atoms. The number of fused-ring (bicyclic) bond motifs is 1. The fourth-order valence-corrected chi connectivity index (χ4v) is 2.92. The zero-order valence-electron chi connectivity index (χ0n) is 16.2. The van der Waals surface area contributed by atoms with E-state index in [2.05, 4.69) is 59.0 Å². The molecule has 1 aromatic heterocycles. The van der Waals surface area contributed by atoms with Crippen molar-refractivity contribution in [3.05, 3.63) is 73.0 Å². The van der Waals surface area contributed by atoms with Crippen molar-refractivity contribution in [2.45, 2.75) is 32.3 Å². The van der Waals surface area contributed by atoms with Crippen LogP contribution in [0.2, 0.25) is 0 Å². The standard InChI is InChI=1S/C24H26N2O2/c1-3-15-28-24-17-25-23-16-21(13-14-22(23)26-24)20-11-9-19(10-12-20)8-6-4-5-7-18(2)27/h3,6,8-14,16-18,27H,1,4-5,7,15H2,2H3. The molecular weight excluding hydrogens is 348 g/mol. The van der Waals surface area contributed by atoms with E-state index in [0.717, 1.165) is 41.4 Å². The van der Waals surface area contributed by atoms with Gasteiger partial charge in [0.05, 0.1) is 23.3 Å². The Hall–Kier alpha value is -2.98. The van der Waals surface area contributed by atoms with Crippen molar-refractivity contribution in [3.63, 3.8) is 0 Å². The molecule has 1 N–H and O–H groups in total. The molecule has 0 fully saturated rings. The lowest BCUT2D eigenvalue weighted by Gasteiger charge is -2.06. The molecule has 0 aliphatic heterocycles. The van der Waals surface area contributed by atoms with E-state index in [1.807, 2.05) is 19.1 Å². The van der Waals surface area contributed by atoms with Gasteiger partial charge in [-0.05, 0) is 55.0 Å². The zero-order chi connectivity index (χ0) is 19.8. The van der Waals surface area contributed by atoms with Gasteiger partial charge in [-0.3, -0.25) is 0 Å². The first kappa shape index (κ1) is 19.8. The highest BCUT2D eigenvalue weighted by atomic mass is 16.5. The maximum absolute atomic E-state index is 9.28. The van der Waals surface area contributed by atoms with Crippen LogP contribution in [-0.2, 0) is 0 Å². The molecule has 28 heavy (non-hydrogen) atoms. The van der Waals surface area contributed by atoms with E-state index in [1.54, 1.807) is 12.3 Å². The van der Waals surface area contributed by atoms with Gasteiger partial charge >= 0.3 is 0 Å². The molecule has 0 saturated heterocycles. The van der Waals surface area contributed by atoms with Gasteiger partial charge in [0, 0.05) is 0 Å². The second-order valence-electron chi connectivity index (χ2n) is 6.82. The van der Waals surface area contributed by atoms with Crippen molar-refractivity contribution in [1.82, 2.24) is 9.97 Å². The predicted molar refractivity (Wildman–Crippen MR) is 115 cm³/mol. The van der Waals surface area contributed by atoms with Crippen LogP contribution < -0.4 is 4.74 Å². The Kier molecular flexibility index (Phi) is 6.93. The van der Waals surface area contributed by atoms with E-state index >= 15 is 0 Å². The first-order chi connectivity index (χ1) is 13.7. The fraction of sp³-hybridized carbons (Fsp3) is 0.250. The van der Waals surface area contributed by atoms with Gasteiger partial charge in [0.2, 0.25) is 5.88 Å². The first-order valence-electron chi connectivity index (χ1n) is 9.61. The number of aliphatic hydroxyl groups excluding tert-OH is 1. The summed E-state index contributed by atoms with van der Waals surface area (Å²) in [6.45, 7) is 5.88. The average molecular weight is 374 g/mol. The molecule has 0 aliphatic carbocycles. The Labute approximate surface area is 166 Å². The van der Waals surface area contributed by atoms with Crippen LogP contribution in [0.1, 0.15) is 31.7 Å². The molecule has 0 saturated carbocycles. The summed E-state index contributed by atoms with van der Waals surface area (Å²) in [4.78, 5) is 8.92. The normalized spacial score (nSPS) is 12.4. The smallest absolute Gasteiger partial charge is 0.233 e. The number of nitrogens with zero attached hydrogens (tertiary/aromatic N) is 2. The Morgan fingerprint density at radius 2 is 1.89 bits per heavy atom. The lowest BCUT2D eigenvalue weighted by atomic mass is 10.0. The van der Waals surface area contributed by atoms with Crippen LogP contribution in [-0.4, -0.2) is 27.8 Å². The van der Waals surface area contributed by atoms with Crippen LogP contribution >= 0.6 is 0 Å². The molecule has 2 aromatic carbocycles. The fourth-order valence-electron chi connectivity index (χ4n) is 2.92. The van der Waals surface area contributed by atoms with E-state index in [9.17, 15) is 5.11 Å². The molecule has 0 spiro atoms. The summed E-state index contributed by atoms with van der Waals surface area (Å²) in [6, 6.07) is 14.5. The second-order valence-corrected chi connectivity index (χ2v) is 6.82. The van der Waals surface area contributed by atoms with E-state index in [1.165, 1.54) is 5.56 Å². The van der Waals surface area contributed by atoms with Gasteiger partial charge in [-0.15, -0.1) is 0 Å². The lowest BCUT2D eigenvalue weighted by molar-refractivity contribution is 0.182. The van der Waals surface area contributed by atoms with Gasteiger partial charge in [0.15, 0.2) is 0 Å². The SMILES string of the molecule is C=CCOc1cnc2cc(-c3ccc(C=CCCCC(C)O)cc3)ccc2n1. The van der Waals surface area contributed by atoms with E-state index in [0.29, 0.717) is 12.5 Å². The summed E-state index contributed by atoms with van der Waals surface area (Å²) in [5, 5.41) is 9.28. The third kappa shape index (κ3) is 5.51. The van der Waals surface area contributed by atoms with Crippen molar-refractivity contribution in [2.75, 3.05) is 6.61 Å². The molecule has 0 aliphatic rings. The highest BCUT2D eigenvalue weighted by Crippen LogP contribution is 2.24. The molecule has 1 atom stereocenters. The van der Waals surface area contributed by atoms with Crippen LogP contribution in [0.4, 0.5) is 0 Å². The topological polar surface area (TPSA) is 55.2 Å². The summed E-state index contributed by atoms with van der Waals surface area (Å²) in [5.74, 6) is 0.504. The van der Waals surface area contributed by atoms with Crippen LogP contribution in [0.25, 0.3) is 28.2 Å². The van der Waals surface area contributed by atoms with Crippen molar-refractivity contribution < 1.29 is 9.84 Å². The van der Waals surface area contributed by atoms with Gasteiger partial charge < -0.3 is 9.84 Å². The second kappa shape index (κ2) is 9.81. The minimum atomic E-state index is -0.217. The quantitative estimate of drug-likeness (QED) is 0.401. The maximum Gasteiger partial charge on any atom is 0.233 e. The Morgan fingerprint density at radius 3 is 2.64 bits per heavy atom. The van der Waals surface area contributed by atoms with Crippen molar-refractivity contribution in [3.8, 4) is 17.0 Å². The van der Waals surface area contributed by atoms with Crippen molar-refractivity contribution in [1.29, 1.82) is 0 Å². The number of unbranched alkanes of at least 4 members (excludes halogenated alkanes) is 1.